The third kappa shape index (κ3) is 3.51. The zero-order valence-corrected chi connectivity index (χ0v) is 12.1. The molecule has 1 aliphatic rings. The molecule has 0 aliphatic carbocycles. The highest BCUT2D eigenvalue weighted by Gasteiger charge is 2.22. The number of allylic oxidation sites excluding steroid dienone is 1. The van der Waals surface area contributed by atoms with Crippen LogP contribution in [0.2, 0.25) is 0 Å². The summed E-state index contributed by atoms with van der Waals surface area (Å²) < 4.78 is 25.0. The number of rotatable bonds is 6. The molecule has 0 aromatic heterocycles. The molecule has 1 aromatic carbocycles. The average Bonchev–Trinajstić information content (AvgIpc) is 2.50. The summed E-state index contributed by atoms with van der Waals surface area (Å²) in [5, 5.41) is 3.36. The summed E-state index contributed by atoms with van der Waals surface area (Å²) >= 11 is 0. The first kappa shape index (κ1) is 14.9. The number of benzene rings is 1. The van der Waals surface area contributed by atoms with Crippen LogP contribution in [-0.4, -0.2) is 20.3 Å². The van der Waals surface area contributed by atoms with Crippen LogP contribution in [0.25, 0.3) is 0 Å². The molecule has 110 valence electrons. The van der Waals surface area contributed by atoms with E-state index in [4.69, 9.17) is 9.47 Å². The molecule has 0 fully saturated rings. The fourth-order valence-corrected chi connectivity index (χ4v) is 2.30. The van der Waals surface area contributed by atoms with Crippen molar-refractivity contribution in [3.05, 3.63) is 41.4 Å². The number of ether oxygens (including phenoxy) is 2. The minimum absolute atomic E-state index is 0.221. The zero-order valence-electron chi connectivity index (χ0n) is 12.1. The number of halogens is 1. The molecule has 2 rings (SSSR count). The van der Waals surface area contributed by atoms with Gasteiger partial charge in [0.25, 0.3) is 0 Å². The Bertz CT molecular complexity index is 474. The molecule has 1 heterocycles. The van der Waals surface area contributed by atoms with Crippen LogP contribution in [0.15, 0.2) is 30.0 Å². The molecule has 4 heteroatoms. The summed E-state index contributed by atoms with van der Waals surface area (Å²) in [6, 6.07) is 4.74. The first-order valence-electron chi connectivity index (χ1n) is 7.16. The Balaban J connectivity index is 2.27. The highest BCUT2D eigenvalue weighted by Crippen LogP contribution is 2.29. The molecular weight excluding hydrogens is 257 g/mol. The standard InChI is InChI=1S/C16H22FNO2/c1-3-9-18-16(15-6-4-5-10-20-15)13-8-7-12(19-2)11-14(13)17/h6-8,11,16,18H,3-5,9-10H2,1-2H3. The van der Waals surface area contributed by atoms with Crippen molar-refractivity contribution >= 4 is 0 Å². The van der Waals surface area contributed by atoms with Crippen LogP contribution >= 0.6 is 0 Å². The number of hydrogen-bond donors (Lipinski definition) is 1. The summed E-state index contributed by atoms with van der Waals surface area (Å²) in [5.74, 6) is 1.08. The molecule has 0 saturated heterocycles. The molecule has 1 N–H and O–H groups in total. The van der Waals surface area contributed by atoms with Crippen molar-refractivity contribution in [1.29, 1.82) is 0 Å². The van der Waals surface area contributed by atoms with Crippen molar-refractivity contribution < 1.29 is 13.9 Å². The van der Waals surface area contributed by atoms with E-state index in [0.717, 1.165) is 31.6 Å². The molecule has 0 spiro atoms. The maximum Gasteiger partial charge on any atom is 0.132 e. The number of nitrogens with one attached hydrogen (secondary N) is 1. The molecule has 1 aromatic rings. The fraction of sp³-hybridized carbons (Fsp3) is 0.500. The quantitative estimate of drug-likeness (QED) is 0.863. The average molecular weight is 279 g/mol. The maximum absolute atomic E-state index is 14.3. The Kier molecular flexibility index (Phi) is 5.41. The third-order valence-corrected chi connectivity index (χ3v) is 3.36. The van der Waals surface area contributed by atoms with E-state index < -0.39 is 0 Å². The molecule has 3 nitrogen and oxygen atoms in total. The van der Waals surface area contributed by atoms with E-state index in [1.54, 1.807) is 12.1 Å². The number of methoxy groups -OCH3 is 1. The molecular formula is C16H22FNO2. The maximum atomic E-state index is 14.3. The lowest BCUT2D eigenvalue weighted by molar-refractivity contribution is 0.166. The van der Waals surface area contributed by atoms with Gasteiger partial charge in [-0.05, 0) is 37.9 Å². The van der Waals surface area contributed by atoms with Gasteiger partial charge in [0.05, 0.1) is 19.8 Å². The predicted octanol–water partition coefficient (Wildman–Crippen LogP) is 3.57. The highest BCUT2D eigenvalue weighted by atomic mass is 19.1. The molecule has 20 heavy (non-hydrogen) atoms. The summed E-state index contributed by atoms with van der Waals surface area (Å²) in [7, 11) is 1.54. The molecule has 1 aliphatic heterocycles. The molecule has 0 bridgehead atoms. The van der Waals surface area contributed by atoms with Gasteiger partial charge < -0.3 is 14.8 Å². The van der Waals surface area contributed by atoms with Crippen LogP contribution in [0.5, 0.6) is 5.75 Å². The van der Waals surface area contributed by atoms with Gasteiger partial charge in [0.2, 0.25) is 0 Å². The van der Waals surface area contributed by atoms with Gasteiger partial charge in [-0.3, -0.25) is 0 Å². The predicted molar refractivity (Wildman–Crippen MR) is 77.3 cm³/mol. The van der Waals surface area contributed by atoms with Crippen LogP contribution in [0.4, 0.5) is 4.39 Å². The van der Waals surface area contributed by atoms with Gasteiger partial charge in [-0.15, -0.1) is 0 Å². The largest absolute Gasteiger partial charge is 0.497 e. The van der Waals surface area contributed by atoms with Crippen molar-refractivity contribution in [2.45, 2.75) is 32.2 Å². The lowest BCUT2D eigenvalue weighted by Crippen LogP contribution is -2.27. The van der Waals surface area contributed by atoms with Crippen LogP contribution < -0.4 is 10.1 Å². The van der Waals surface area contributed by atoms with E-state index in [1.165, 1.54) is 13.2 Å². The smallest absolute Gasteiger partial charge is 0.132 e. The first-order valence-corrected chi connectivity index (χ1v) is 7.16. The first-order chi connectivity index (χ1) is 9.76. The minimum atomic E-state index is -0.270. The van der Waals surface area contributed by atoms with Crippen molar-refractivity contribution in [3.63, 3.8) is 0 Å². The molecule has 0 saturated carbocycles. The van der Waals surface area contributed by atoms with E-state index >= 15 is 0 Å². The van der Waals surface area contributed by atoms with Gasteiger partial charge in [0.15, 0.2) is 0 Å². The van der Waals surface area contributed by atoms with Crippen LogP contribution in [0.3, 0.4) is 0 Å². The second-order valence-corrected chi connectivity index (χ2v) is 4.87. The van der Waals surface area contributed by atoms with Gasteiger partial charge in [0, 0.05) is 11.6 Å². The Morgan fingerprint density at radius 1 is 1.45 bits per heavy atom. The molecule has 1 atom stereocenters. The van der Waals surface area contributed by atoms with E-state index in [0.29, 0.717) is 17.9 Å². The Labute approximate surface area is 119 Å². The lowest BCUT2D eigenvalue weighted by Gasteiger charge is -2.25. The lowest BCUT2D eigenvalue weighted by atomic mass is 10.0. The minimum Gasteiger partial charge on any atom is -0.497 e. The van der Waals surface area contributed by atoms with E-state index in [1.807, 2.05) is 0 Å². The van der Waals surface area contributed by atoms with Gasteiger partial charge in [-0.2, -0.15) is 0 Å². The molecule has 0 amide bonds. The SMILES string of the molecule is CCCNC(C1=CCCCO1)c1ccc(OC)cc1F. The highest BCUT2D eigenvalue weighted by molar-refractivity contribution is 5.34. The van der Waals surface area contributed by atoms with E-state index in [9.17, 15) is 4.39 Å². The normalized spacial score (nSPS) is 16.2. The summed E-state index contributed by atoms with van der Waals surface area (Å²) in [6.07, 6.45) is 5.05. The van der Waals surface area contributed by atoms with Gasteiger partial charge in [0.1, 0.15) is 17.3 Å². The van der Waals surface area contributed by atoms with Crippen molar-refractivity contribution in [1.82, 2.24) is 5.32 Å². The van der Waals surface area contributed by atoms with Crippen molar-refractivity contribution in [3.8, 4) is 5.75 Å². The van der Waals surface area contributed by atoms with Gasteiger partial charge >= 0.3 is 0 Å². The van der Waals surface area contributed by atoms with Crippen molar-refractivity contribution in [2.24, 2.45) is 0 Å². The number of hydrogen-bond acceptors (Lipinski definition) is 3. The van der Waals surface area contributed by atoms with Crippen LogP contribution in [0, 0.1) is 5.82 Å². The van der Waals surface area contributed by atoms with Gasteiger partial charge in [-0.25, -0.2) is 4.39 Å². The second kappa shape index (κ2) is 7.29. The Hall–Kier alpha value is -1.55. The summed E-state index contributed by atoms with van der Waals surface area (Å²) in [5.41, 5.74) is 0.604. The van der Waals surface area contributed by atoms with E-state index in [-0.39, 0.29) is 11.9 Å². The third-order valence-electron chi connectivity index (χ3n) is 3.36. The topological polar surface area (TPSA) is 30.5 Å². The van der Waals surface area contributed by atoms with Crippen LogP contribution in [0.1, 0.15) is 37.8 Å². The van der Waals surface area contributed by atoms with Gasteiger partial charge in [-0.1, -0.05) is 13.0 Å². The monoisotopic (exact) mass is 279 g/mol. The van der Waals surface area contributed by atoms with Crippen molar-refractivity contribution in [2.75, 3.05) is 20.3 Å². The second-order valence-electron chi connectivity index (χ2n) is 4.87. The Morgan fingerprint density at radius 2 is 2.30 bits per heavy atom. The van der Waals surface area contributed by atoms with E-state index in [2.05, 4.69) is 18.3 Å². The molecule has 0 radical (unpaired) electrons. The van der Waals surface area contributed by atoms with Crippen LogP contribution in [-0.2, 0) is 4.74 Å². The fourth-order valence-electron chi connectivity index (χ4n) is 2.30. The molecule has 1 unspecified atom stereocenters. The summed E-state index contributed by atoms with van der Waals surface area (Å²) in [6.45, 7) is 3.61. The zero-order chi connectivity index (χ0) is 14.4. The summed E-state index contributed by atoms with van der Waals surface area (Å²) in [4.78, 5) is 0. The Morgan fingerprint density at radius 3 is 2.90 bits per heavy atom.